The smallest absolute Gasteiger partial charge is 0.328 e. The van der Waals surface area contributed by atoms with Gasteiger partial charge < -0.3 is 10.1 Å². The number of rotatable bonds is 6. The summed E-state index contributed by atoms with van der Waals surface area (Å²) >= 11 is 12.2. The van der Waals surface area contributed by atoms with Crippen molar-refractivity contribution in [3.63, 3.8) is 0 Å². The quantitative estimate of drug-likeness (QED) is 0.455. The molecule has 0 atom stereocenters. The van der Waals surface area contributed by atoms with Crippen molar-refractivity contribution in [2.75, 3.05) is 6.61 Å². The first-order valence-corrected chi connectivity index (χ1v) is 9.55. The summed E-state index contributed by atoms with van der Waals surface area (Å²) < 4.78 is 16.2. The molecular formula is C19H16Cl2FN5O2. The first-order valence-electron chi connectivity index (χ1n) is 8.79. The maximum atomic E-state index is 13.3. The molecule has 0 fully saturated rings. The molecule has 29 heavy (non-hydrogen) atoms. The van der Waals surface area contributed by atoms with Gasteiger partial charge in [0.1, 0.15) is 5.82 Å². The number of aliphatic hydroxyl groups is 1. The number of halogens is 3. The highest BCUT2D eigenvalue weighted by molar-refractivity contribution is 6.35. The van der Waals surface area contributed by atoms with Gasteiger partial charge in [-0.2, -0.15) is 9.37 Å². The third-order valence-corrected chi connectivity index (χ3v) is 5.11. The number of nitrogens with one attached hydrogen (secondary N) is 1. The number of nitrogens with zero attached hydrogens (tertiary/aromatic N) is 4. The summed E-state index contributed by atoms with van der Waals surface area (Å²) in [7, 11) is 0. The van der Waals surface area contributed by atoms with Crippen LogP contribution in [-0.4, -0.2) is 35.8 Å². The Kier molecular flexibility index (Phi) is 5.40. The van der Waals surface area contributed by atoms with Gasteiger partial charge in [-0.1, -0.05) is 29.3 Å². The van der Waals surface area contributed by atoms with E-state index in [0.717, 1.165) is 5.56 Å². The van der Waals surface area contributed by atoms with Crippen LogP contribution in [-0.2, 0) is 19.5 Å². The first kappa shape index (κ1) is 19.6. The number of pyridine rings is 1. The van der Waals surface area contributed by atoms with E-state index >= 15 is 0 Å². The first-order chi connectivity index (χ1) is 13.9. The summed E-state index contributed by atoms with van der Waals surface area (Å²) in [6.45, 7) is 0.120. The number of hydrogen-bond donors (Lipinski definition) is 2. The van der Waals surface area contributed by atoms with Gasteiger partial charge in [-0.05, 0) is 29.8 Å². The Bertz CT molecular complexity index is 1250. The Morgan fingerprint density at radius 3 is 2.76 bits per heavy atom. The predicted octanol–water partition coefficient (Wildman–Crippen LogP) is 3.00. The highest BCUT2D eigenvalue weighted by Crippen LogP contribution is 2.23. The molecular weight excluding hydrogens is 420 g/mol. The Hall–Kier alpha value is -2.68. The van der Waals surface area contributed by atoms with E-state index < -0.39 is 5.95 Å². The minimum absolute atomic E-state index is 0.149. The maximum absolute atomic E-state index is 13.3. The van der Waals surface area contributed by atoms with Crippen LogP contribution < -0.4 is 5.69 Å². The third kappa shape index (κ3) is 4.05. The molecule has 2 N–H and O–H groups in total. The molecule has 0 aliphatic heterocycles. The van der Waals surface area contributed by atoms with Gasteiger partial charge in [-0.3, -0.25) is 9.13 Å². The number of H-pyrrole nitrogens is 1. The second-order valence-corrected chi connectivity index (χ2v) is 7.35. The monoisotopic (exact) mass is 435 g/mol. The molecule has 0 aliphatic carbocycles. The van der Waals surface area contributed by atoms with Crippen molar-refractivity contribution in [2.45, 2.75) is 19.5 Å². The summed E-state index contributed by atoms with van der Waals surface area (Å²) in [5.74, 6) is -0.152. The molecule has 4 rings (SSSR count). The molecule has 0 radical (unpaired) electrons. The Balaban J connectivity index is 1.68. The lowest BCUT2D eigenvalue weighted by atomic mass is 10.1. The normalized spacial score (nSPS) is 11.4. The van der Waals surface area contributed by atoms with Crippen LogP contribution in [0.1, 0.15) is 17.1 Å². The highest BCUT2D eigenvalue weighted by atomic mass is 35.5. The topological polar surface area (TPSA) is 88.7 Å². The molecule has 0 unspecified atom stereocenters. The van der Waals surface area contributed by atoms with Crippen LogP contribution >= 0.6 is 23.2 Å². The largest absolute Gasteiger partial charge is 0.395 e. The van der Waals surface area contributed by atoms with Gasteiger partial charge >= 0.3 is 5.69 Å². The molecule has 3 aromatic heterocycles. The van der Waals surface area contributed by atoms with Gasteiger partial charge in [0.2, 0.25) is 5.95 Å². The van der Waals surface area contributed by atoms with Gasteiger partial charge in [-0.15, -0.1) is 0 Å². The molecule has 7 nitrogen and oxygen atoms in total. The molecule has 150 valence electrons. The van der Waals surface area contributed by atoms with Crippen molar-refractivity contribution in [2.24, 2.45) is 0 Å². The van der Waals surface area contributed by atoms with Gasteiger partial charge in [0, 0.05) is 28.4 Å². The Morgan fingerprint density at radius 2 is 2.00 bits per heavy atom. The van der Waals surface area contributed by atoms with Crippen LogP contribution in [0.3, 0.4) is 0 Å². The summed E-state index contributed by atoms with van der Waals surface area (Å²) in [6, 6.07) is 7.96. The predicted molar refractivity (Wildman–Crippen MR) is 108 cm³/mol. The van der Waals surface area contributed by atoms with E-state index in [-0.39, 0.29) is 31.0 Å². The molecule has 1 aromatic carbocycles. The fourth-order valence-corrected chi connectivity index (χ4v) is 3.67. The number of aliphatic hydroxyl groups excluding tert-OH is 1. The van der Waals surface area contributed by atoms with Crippen molar-refractivity contribution in [1.29, 1.82) is 0 Å². The average Bonchev–Trinajstić information content (AvgIpc) is 3.19. The van der Waals surface area contributed by atoms with Crippen molar-refractivity contribution >= 4 is 34.4 Å². The number of benzene rings is 1. The minimum Gasteiger partial charge on any atom is -0.395 e. The standard InChI is InChI=1S/C19H16Cl2FN5O2/c20-12-2-1-11(14(21)8-12)7-13-9-26(19(29)27(13)5-6-28)10-17-23-15-3-4-16(22)24-18(15)25-17/h1-4,8-9,28H,5-7,10H2,(H,23,24,25). The molecule has 0 bridgehead atoms. The zero-order chi connectivity index (χ0) is 20.5. The van der Waals surface area contributed by atoms with Crippen LogP contribution in [0.5, 0.6) is 0 Å². The van der Waals surface area contributed by atoms with Crippen LogP contribution in [0.25, 0.3) is 11.2 Å². The van der Waals surface area contributed by atoms with Gasteiger partial charge in [0.25, 0.3) is 0 Å². The number of hydrogen-bond acceptors (Lipinski definition) is 4. The van der Waals surface area contributed by atoms with Crippen molar-refractivity contribution in [3.05, 3.63) is 80.1 Å². The lowest BCUT2D eigenvalue weighted by molar-refractivity contribution is 0.272. The summed E-state index contributed by atoms with van der Waals surface area (Å²) in [5, 5.41) is 10.4. The minimum atomic E-state index is -0.621. The molecule has 0 saturated heterocycles. The molecule has 0 saturated carbocycles. The van der Waals surface area contributed by atoms with E-state index in [2.05, 4.69) is 15.0 Å². The fourth-order valence-electron chi connectivity index (χ4n) is 3.19. The Morgan fingerprint density at radius 1 is 1.17 bits per heavy atom. The van der Waals surface area contributed by atoms with E-state index in [0.29, 0.717) is 33.5 Å². The van der Waals surface area contributed by atoms with E-state index in [4.69, 9.17) is 23.2 Å². The molecule has 0 spiro atoms. The lowest BCUT2D eigenvalue weighted by Crippen LogP contribution is -2.27. The highest BCUT2D eigenvalue weighted by Gasteiger charge is 2.15. The van der Waals surface area contributed by atoms with Gasteiger partial charge in [-0.25, -0.2) is 9.78 Å². The summed E-state index contributed by atoms with van der Waals surface area (Å²) in [4.78, 5) is 23.8. The second kappa shape index (κ2) is 7.98. The lowest BCUT2D eigenvalue weighted by Gasteiger charge is -2.07. The molecule has 0 aliphatic rings. The van der Waals surface area contributed by atoms with E-state index in [1.807, 2.05) is 0 Å². The zero-order valence-electron chi connectivity index (χ0n) is 15.1. The molecule has 4 aromatic rings. The van der Waals surface area contributed by atoms with Crippen LogP contribution in [0.4, 0.5) is 4.39 Å². The molecule has 0 amide bonds. The maximum Gasteiger partial charge on any atom is 0.328 e. The van der Waals surface area contributed by atoms with E-state index in [1.54, 1.807) is 30.5 Å². The number of imidazole rings is 2. The number of aromatic amines is 1. The van der Waals surface area contributed by atoms with Crippen LogP contribution in [0, 0.1) is 5.95 Å². The number of aromatic nitrogens is 5. The number of fused-ring (bicyclic) bond motifs is 1. The Labute approximate surface area is 174 Å². The van der Waals surface area contributed by atoms with Crippen molar-refractivity contribution in [3.8, 4) is 0 Å². The van der Waals surface area contributed by atoms with Gasteiger partial charge in [0.15, 0.2) is 5.65 Å². The van der Waals surface area contributed by atoms with E-state index in [1.165, 1.54) is 15.2 Å². The second-order valence-electron chi connectivity index (χ2n) is 6.51. The average molecular weight is 436 g/mol. The van der Waals surface area contributed by atoms with Crippen molar-refractivity contribution in [1.82, 2.24) is 24.1 Å². The van der Waals surface area contributed by atoms with Gasteiger partial charge in [0.05, 0.1) is 25.2 Å². The van der Waals surface area contributed by atoms with E-state index in [9.17, 15) is 14.3 Å². The van der Waals surface area contributed by atoms with Crippen LogP contribution in [0.15, 0.2) is 41.3 Å². The summed E-state index contributed by atoms with van der Waals surface area (Å²) in [5.41, 5.74) is 2.03. The zero-order valence-corrected chi connectivity index (χ0v) is 16.6. The SMILES string of the molecule is O=c1n(Cc2nc3nc(F)ccc3[nH]2)cc(Cc2ccc(Cl)cc2Cl)n1CCO. The fraction of sp³-hybridized carbons (Fsp3) is 0.211. The molecule has 10 heteroatoms. The molecule has 3 heterocycles. The third-order valence-electron chi connectivity index (χ3n) is 4.52. The summed E-state index contributed by atoms with van der Waals surface area (Å²) in [6.07, 6.45) is 2.09. The van der Waals surface area contributed by atoms with Crippen LogP contribution in [0.2, 0.25) is 10.0 Å². The van der Waals surface area contributed by atoms with Crippen molar-refractivity contribution < 1.29 is 9.50 Å².